The normalized spacial score (nSPS) is 10.9. The van der Waals surface area contributed by atoms with Gasteiger partial charge in [-0.1, -0.05) is 51.9 Å². The van der Waals surface area contributed by atoms with Gasteiger partial charge >= 0.3 is 11.9 Å². The number of benzene rings is 1. The van der Waals surface area contributed by atoms with Crippen molar-refractivity contribution in [3.63, 3.8) is 0 Å². The van der Waals surface area contributed by atoms with Crippen LogP contribution in [0.25, 0.3) is 0 Å². The van der Waals surface area contributed by atoms with Crippen LogP contribution in [0, 0.1) is 0 Å². The molecule has 0 fully saturated rings. The van der Waals surface area contributed by atoms with Gasteiger partial charge in [0.15, 0.2) is 0 Å². The van der Waals surface area contributed by atoms with E-state index in [1.807, 2.05) is 6.08 Å². The Labute approximate surface area is 144 Å². The van der Waals surface area contributed by atoms with E-state index in [-0.39, 0.29) is 5.56 Å². The molecule has 0 aliphatic rings. The van der Waals surface area contributed by atoms with Crippen LogP contribution < -0.4 is 0 Å². The maximum absolute atomic E-state index is 11.8. The Hall–Kier alpha value is -2.10. The summed E-state index contributed by atoms with van der Waals surface area (Å²) < 4.78 is 5.03. The molecule has 4 heteroatoms. The molecule has 1 rings (SSSR count). The molecule has 0 amide bonds. The Bertz CT molecular complexity index is 517. The summed E-state index contributed by atoms with van der Waals surface area (Å²) in [6.45, 7) is 2.23. The number of hydrogen-bond acceptors (Lipinski definition) is 3. The lowest BCUT2D eigenvalue weighted by Gasteiger charge is -2.01. The molecule has 0 unspecified atom stereocenters. The smallest absolute Gasteiger partial charge is 0.342 e. The second-order valence-electron chi connectivity index (χ2n) is 5.92. The summed E-state index contributed by atoms with van der Waals surface area (Å²) in [5.74, 6) is -1.49. The predicted molar refractivity (Wildman–Crippen MR) is 95.2 cm³/mol. The first-order chi connectivity index (χ1) is 11.6. The Morgan fingerprint density at radius 2 is 1.46 bits per heavy atom. The van der Waals surface area contributed by atoms with Gasteiger partial charge in [-0.2, -0.15) is 0 Å². The van der Waals surface area contributed by atoms with Gasteiger partial charge in [-0.05, 0) is 43.2 Å². The second-order valence-corrected chi connectivity index (χ2v) is 5.92. The van der Waals surface area contributed by atoms with Crippen LogP contribution in [0.5, 0.6) is 0 Å². The van der Waals surface area contributed by atoms with Crippen molar-refractivity contribution in [1.29, 1.82) is 0 Å². The summed E-state index contributed by atoms with van der Waals surface area (Å²) >= 11 is 0. The van der Waals surface area contributed by atoms with E-state index in [1.54, 1.807) is 0 Å². The number of carboxylic acid groups (broad SMARTS) is 1. The van der Waals surface area contributed by atoms with Crippen molar-refractivity contribution in [1.82, 2.24) is 0 Å². The van der Waals surface area contributed by atoms with E-state index in [4.69, 9.17) is 9.84 Å². The number of unbranched alkanes of at least 4 members (excludes halogenated alkanes) is 8. The van der Waals surface area contributed by atoms with E-state index < -0.39 is 11.9 Å². The second kappa shape index (κ2) is 12.3. The van der Waals surface area contributed by atoms with Gasteiger partial charge in [-0.25, -0.2) is 9.59 Å². The molecule has 0 aliphatic carbocycles. The maximum Gasteiger partial charge on any atom is 0.342 e. The largest absolute Gasteiger partial charge is 0.478 e. The molecule has 1 aromatic carbocycles. The summed E-state index contributed by atoms with van der Waals surface area (Å²) in [7, 11) is 0. The monoisotopic (exact) mass is 332 g/mol. The highest BCUT2D eigenvalue weighted by Crippen LogP contribution is 2.10. The van der Waals surface area contributed by atoms with Crippen molar-refractivity contribution < 1.29 is 19.4 Å². The SMILES string of the molecule is CCCCCCCCCCC=COC(=O)c1ccc(C(=O)O)cc1. The molecule has 0 heterocycles. The van der Waals surface area contributed by atoms with Crippen molar-refractivity contribution >= 4 is 11.9 Å². The number of hydrogen-bond donors (Lipinski definition) is 1. The molecule has 0 aromatic heterocycles. The molecule has 0 bridgehead atoms. The summed E-state index contributed by atoms with van der Waals surface area (Å²) in [6.07, 6.45) is 14.4. The number of rotatable bonds is 12. The van der Waals surface area contributed by atoms with E-state index in [9.17, 15) is 9.59 Å². The fraction of sp³-hybridized carbons (Fsp3) is 0.500. The summed E-state index contributed by atoms with van der Waals surface area (Å²) in [6, 6.07) is 5.70. The number of aromatic carboxylic acids is 1. The average Bonchev–Trinajstić information content (AvgIpc) is 2.59. The highest BCUT2D eigenvalue weighted by Gasteiger charge is 2.07. The number of carbonyl (C=O) groups excluding carboxylic acids is 1. The van der Waals surface area contributed by atoms with Crippen molar-refractivity contribution in [2.24, 2.45) is 0 Å². The average molecular weight is 332 g/mol. The Kier molecular flexibility index (Phi) is 10.3. The number of esters is 1. The van der Waals surface area contributed by atoms with Crippen molar-refractivity contribution in [3.8, 4) is 0 Å². The molecule has 0 aliphatic heterocycles. The number of ether oxygens (including phenoxy) is 1. The van der Waals surface area contributed by atoms with E-state index in [0.717, 1.165) is 12.8 Å². The van der Waals surface area contributed by atoms with Crippen LogP contribution in [0.2, 0.25) is 0 Å². The van der Waals surface area contributed by atoms with Crippen LogP contribution in [0.15, 0.2) is 36.6 Å². The topological polar surface area (TPSA) is 63.6 Å². The Morgan fingerprint density at radius 1 is 0.917 bits per heavy atom. The summed E-state index contributed by atoms with van der Waals surface area (Å²) in [4.78, 5) is 22.5. The van der Waals surface area contributed by atoms with Crippen molar-refractivity contribution in [2.45, 2.75) is 64.7 Å². The zero-order valence-electron chi connectivity index (χ0n) is 14.5. The lowest BCUT2D eigenvalue weighted by molar-refractivity contribution is 0.0656. The van der Waals surface area contributed by atoms with Crippen LogP contribution in [0.1, 0.15) is 85.4 Å². The molecule has 4 nitrogen and oxygen atoms in total. The first kappa shape index (κ1) is 19.9. The van der Waals surface area contributed by atoms with Gasteiger partial charge in [0, 0.05) is 0 Å². The van der Waals surface area contributed by atoms with Gasteiger partial charge in [0.2, 0.25) is 0 Å². The summed E-state index contributed by atoms with van der Waals surface area (Å²) in [5.41, 5.74) is 0.494. The van der Waals surface area contributed by atoms with Crippen LogP contribution >= 0.6 is 0 Å². The molecule has 24 heavy (non-hydrogen) atoms. The number of carboxylic acids is 1. The third-order valence-corrected chi connectivity index (χ3v) is 3.86. The molecule has 132 valence electrons. The van der Waals surface area contributed by atoms with Crippen molar-refractivity contribution in [3.05, 3.63) is 47.7 Å². The third-order valence-electron chi connectivity index (χ3n) is 3.86. The molecule has 1 N–H and O–H groups in total. The van der Waals surface area contributed by atoms with E-state index >= 15 is 0 Å². The molecule has 0 atom stereocenters. The molecule has 1 aromatic rings. The van der Waals surface area contributed by atoms with Gasteiger partial charge in [-0.3, -0.25) is 0 Å². The van der Waals surface area contributed by atoms with Gasteiger partial charge in [-0.15, -0.1) is 0 Å². The maximum atomic E-state index is 11.8. The van der Waals surface area contributed by atoms with Gasteiger partial charge in [0.1, 0.15) is 0 Å². The standard InChI is InChI=1S/C20H28O4/c1-2-3-4-5-6-7-8-9-10-11-16-24-20(23)18-14-12-17(13-15-18)19(21)22/h11-16H,2-10H2,1H3,(H,21,22). The van der Waals surface area contributed by atoms with E-state index in [2.05, 4.69) is 6.92 Å². The van der Waals surface area contributed by atoms with Crippen molar-refractivity contribution in [2.75, 3.05) is 0 Å². The van der Waals surface area contributed by atoms with Crippen LogP contribution in [-0.4, -0.2) is 17.0 Å². The molecule has 0 spiro atoms. The lowest BCUT2D eigenvalue weighted by atomic mass is 10.1. The highest BCUT2D eigenvalue weighted by molar-refractivity contribution is 5.92. The zero-order valence-corrected chi connectivity index (χ0v) is 14.5. The third kappa shape index (κ3) is 8.51. The minimum Gasteiger partial charge on any atom is -0.478 e. The Balaban J connectivity index is 2.11. The summed E-state index contributed by atoms with van der Waals surface area (Å²) in [5, 5.41) is 8.80. The van der Waals surface area contributed by atoms with E-state index in [0.29, 0.717) is 5.56 Å². The molecule has 0 saturated heterocycles. The Morgan fingerprint density at radius 3 is 2.04 bits per heavy atom. The highest BCUT2D eigenvalue weighted by atomic mass is 16.5. The van der Waals surface area contributed by atoms with Crippen LogP contribution in [0.3, 0.4) is 0 Å². The first-order valence-electron chi connectivity index (χ1n) is 8.84. The predicted octanol–water partition coefficient (Wildman–Crippen LogP) is 5.59. The lowest BCUT2D eigenvalue weighted by Crippen LogP contribution is -2.02. The van der Waals surface area contributed by atoms with Crippen LogP contribution in [-0.2, 0) is 4.74 Å². The van der Waals surface area contributed by atoms with Crippen LogP contribution in [0.4, 0.5) is 0 Å². The molecular weight excluding hydrogens is 304 g/mol. The number of carbonyl (C=O) groups is 2. The fourth-order valence-electron chi connectivity index (χ4n) is 2.39. The minimum absolute atomic E-state index is 0.150. The quantitative estimate of drug-likeness (QED) is 0.308. The van der Waals surface area contributed by atoms with Gasteiger partial charge in [0.05, 0.1) is 17.4 Å². The number of allylic oxidation sites excluding steroid dienone is 1. The zero-order chi connectivity index (χ0) is 17.6. The molecular formula is C20H28O4. The minimum atomic E-state index is -1.01. The first-order valence-corrected chi connectivity index (χ1v) is 8.84. The fourth-order valence-corrected chi connectivity index (χ4v) is 2.39. The molecule has 0 radical (unpaired) electrons. The molecule has 0 saturated carbocycles. The van der Waals surface area contributed by atoms with E-state index in [1.165, 1.54) is 75.5 Å². The van der Waals surface area contributed by atoms with Gasteiger partial charge in [0.25, 0.3) is 0 Å². The van der Waals surface area contributed by atoms with Gasteiger partial charge < -0.3 is 9.84 Å².